The fourth-order valence-corrected chi connectivity index (χ4v) is 2.37. The third-order valence-electron chi connectivity index (χ3n) is 1.83. The average molecular weight is 262 g/mol. The molecule has 0 aliphatic carbocycles. The van der Waals surface area contributed by atoms with Crippen molar-refractivity contribution in [1.29, 1.82) is 0 Å². The zero-order valence-electron chi connectivity index (χ0n) is 7.72. The normalized spacial score (nSPS) is 17.1. The summed E-state index contributed by atoms with van der Waals surface area (Å²) >= 11 is 0. The second kappa shape index (κ2) is 4.74. The lowest BCUT2D eigenvalue weighted by Gasteiger charge is -2.19. The van der Waals surface area contributed by atoms with Gasteiger partial charge in [-0.3, -0.25) is 13.9 Å². The molecule has 2 atom stereocenters. The predicted octanol–water partition coefficient (Wildman–Crippen LogP) is -0.426. The van der Waals surface area contributed by atoms with E-state index in [0.29, 0.717) is 0 Å². The molecular formula is C5H12O8P2. The first-order valence-corrected chi connectivity index (χ1v) is 7.15. The molecule has 90 valence electrons. The maximum Gasteiger partial charge on any atom is 0.339 e. The van der Waals surface area contributed by atoms with Crippen molar-refractivity contribution >= 4 is 21.2 Å². The molecule has 0 aliphatic rings. The molecule has 0 saturated carbocycles. The highest BCUT2D eigenvalue weighted by Gasteiger charge is 2.40. The Morgan fingerprint density at radius 2 is 1.53 bits per heavy atom. The van der Waals surface area contributed by atoms with Crippen molar-refractivity contribution in [3.63, 3.8) is 0 Å². The highest BCUT2D eigenvalue weighted by molar-refractivity contribution is 7.54. The monoisotopic (exact) mass is 262 g/mol. The van der Waals surface area contributed by atoms with E-state index in [4.69, 9.17) is 24.7 Å². The van der Waals surface area contributed by atoms with Crippen LogP contribution >= 0.6 is 15.2 Å². The Morgan fingerprint density at radius 3 is 1.73 bits per heavy atom. The fraction of sp³-hybridized carbons (Fsp3) is 0.800. The van der Waals surface area contributed by atoms with Crippen LogP contribution in [-0.2, 0) is 13.9 Å². The standard InChI is InChI=1S/C5H12O8P2/c1-3(14(8,9)10)2-4(5(6)7)15(11,12)13/h3-4H,2H2,1H3,(H,6,7)(H2,8,9,10)(H2,11,12,13). The molecule has 0 fully saturated rings. The average Bonchev–Trinajstić information content (AvgIpc) is 1.94. The zero-order chi connectivity index (χ0) is 12.4. The van der Waals surface area contributed by atoms with Crippen molar-refractivity contribution in [2.75, 3.05) is 0 Å². The van der Waals surface area contributed by atoms with Gasteiger partial charge in [0.05, 0.1) is 5.66 Å². The van der Waals surface area contributed by atoms with Gasteiger partial charge >= 0.3 is 21.2 Å². The predicted molar refractivity (Wildman–Crippen MR) is 49.6 cm³/mol. The molecule has 10 heteroatoms. The van der Waals surface area contributed by atoms with E-state index in [0.717, 1.165) is 6.92 Å². The zero-order valence-corrected chi connectivity index (χ0v) is 9.51. The van der Waals surface area contributed by atoms with Crippen LogP contribution in [0.4, 0.5) is 0 Å². The van der Waals surface area contributed by atoms with Gasteiger partial charge in [0.15, 0.2) is 5.66 Å². The van der Waals surface area contributed by atoms with Crippen molar-refractivity contribution in [2.24, 2.45) is 0 Å². The summed E-state index contributed by atoms with van der Waals surface area (Å²) in [7, 11) is -9.42. The molecule has 0 amide bonds. The lowest BCUT2D eigenvalue weighted by molar-refractivity contribution is -0.137. The molecule has 0 aromatic heterocycles. The topological polar surface area (TPSA) is 152 Å². The lowest BCUT2D eigenvalue weighted by atomic mass is 10.2. The summed E-state index contributed by atoms with van der Waals surface area (Å²) in [4.78, 5) is 45.0. The van der Waals surface area contributed by atoms with Crippen LogP contribution in [0.2, 0.25) is 0 Å². The largest absolute Gasteiger partial charge is 0.481 e. The summed E-state index contributed by atoms with van der Waals surface area (Å²) in [6, 6.07) is 0. The molecule has 0 aromatic carbocycles. The Kier molecular flexibility index (Phi) is 4.67. The minimum Gasteiger partial charge on any atom is -0.481 e. The number of hydrogen-bond acceptors (Lipinski definition) is 3. The number of carboxylic acids is 1. The van der Waals surface area contributed by atoms with E-state index in [2.05, 4.69) is 0 Å². The van der Waals surface area contributed by atoms with E-state index in [9.17, 15) is 13.9 Å². The van der Waals surface area contributed by atoms with Crippen LogP contribution in [0.5, 0.6) is 0 Å². The van der Waals surface area contributed by atoms with E-state index in [-0.39, 0.29) is 0 Å². The van der Waals surface area contributed by atoms with Crippen LogP contribution in [0.15, 0.2) is 0 Å². The number of carbonyl (C=O) groups is 1. The van der Waals surface area contributed by atoms with Gasteiger partial charge in [0.1, 0.15) is 0 Å². The van der Waals surface area contributed by atoms with E-state index in [1.165, 1.54) is 0 Å². The first-order chi connectivity index (χ1) is 6.46. The van der Waals surface area contributed by atoms with Gasteiger partial charge in [-0.2, -0.15) is 0 Å². The summed E-state index contributed by atoms with van der Waals surface area (Å²) in [5, 5.41) is 8.48. The van der Waals surface area contributed by atoms with Gasteiger partial charge in [0.2, 0.25) is 0 Å². The molecule has 2 unspecified atom stereocenters. The summed E-state index contributed by atoms with van der Waals surface area (Å²) in [6.45, 7) is 1.03. The molecule has 0 heterocycles. The Hall–Kier alpha value is -0.230. The molecule has 5 N–H and O–H groups in total. The van der Waals surface area contributed by atoms with Crippen molar-refractivity contribution < 1.29 is 38.6 Å². The molecule has 0 aliphatic heterocycles. The molecule has 8 nitrogen and oxygen atoms in total. The fourth-order valence-electron chi connectivity index (χ4n) is 0.842. The summed E-state index contributed by atoms with van der Waals surface area (Å²) in [5.74, 6) is -1.77. The molecule has 15 heavy (non-hydrogen) atoms. The number of aliphatic carboxylic acids is 1. The van der Waals surface area contributed by atoms with Crippen molar-refractivity contribution in [1.82, 2.24) is 0 Å². The van der Waals surface area contributed by atoms with Gasteiger partial charge in [-0.05, 0) is 6.42 Å². The summed E-state index contributed by atoms with van der Waals surface area (Å²) in [5.41, 5.74) is -3.49. The van der Waals surface area contributed by atoms with Crippen LogP contribution in [0, 0.1) is 0 Å². The van der Waals surface area contributed by atoms with Gasteiger partial charge in [0, 0.05) is 0 Å². The SMILES string of the molecule is CC(CC(C(=O)O)P(=O)(O)O)P(=O)(O)O. The minimum absolute atomic E-state index is 0.774. The van der Waals surface area contributed by atoms with Gasteiger partial charge in [0.25, 0.3) is 0 Å². The lowest BCUT2D eigenvalue weighted by Crippen LogP contribution is -2.25. The highest BCUT2D eigenvalue weighted by atomic mass is 31.2. The number of carboxylic acid groups (broad SMARTS) is 1. The second-order valence-corrected chi connectivity index (χ2v) is 6.98. The maximum absolute atomic E-state index is 10.7. The molecule has 0 spiro atoms. The summed E-state index contributed by atoms with van der Waals surface area (Å²) < 4.78 is 21.4. The van der Waals surface area contributed by atoms with Crippen LogP contribution in [0.1, 0.15) is 13.3 Å². The molecule has 0 bridgehead atoms. The second-order valence-electron chi connectivity index (χ2n) is 3.12. The first kappa shape index (κ1) is 14.8. The highest BCUT2D eigenvalue weighted by Crippen LogP contribution is 2.50. The van der Waals surface area contributed by atoms with Crippen LogP contribution < -0.4 is 0 Å². The third kappa shape index (κ3) is 4.88. The number of rotatable bonds is 5. The van der Waals surface area contributed by atoms with Gasteiger partial charge in [-0.25, -0.2) is 0 Å². The Bertz CT molecular complexity index is 326. The molecule has 0 saturated heterocycles. The maximum atomic E-state index is 10.7. The quantitative estimate of drug-likeness (QED) is 0.418. The molecule has 0 radical (unpaired) electrons. The van der Waals surface area contributed by atoms with E-state index in [1.807, 2.05) is 0 Å². The number of hydrogen-bond donors (Lipinski definition) is 5. The van der Waals surface area contributed by atoms with Gasteiger partial charge in [-0.1, -0.05) is 6.92 Å². The Labute approximate surface area is 85.3 Å². The summed E-state index contributed by atoms with van der Waals surface area (Å²) in [6.07, 6.45) is -0.774. The molecule has 0 aromatic rings. The van der Waals surface area contributed by atoms with Crippen LogP contribution in [-0.4, -0.2) is 42.0 Å². The smallest absolute Gasteiger partial charge is 0.339 e. The van der Waals surface area contributed by atoms with E-state index < -0.39 is 38.9 Å². The van der Waals surface area contributed by atoms with Crippen molar-refractivity contribution in [3.05, 3.63) is 0 Å². The Morgan fingerprint density at radius 1 is 1.13 bits per heavy atom. The molecular weight excluding hydrogens is 250 g/mol. The molecule has 0 rings (SSSR count). The van der Waals surface area contributed by atoms with E-state index in [1.54, 1.807) is 0 Å². The van der Waals surface area contributed by atoms with E-state index >= 15 is 0 Å². The minimum atomic E-state index is -4.90. The van der Waals surface area contributed by atoms with Crippen LogP contribution in [0.3, 0.4) is 0 Å². The van der Waals surface area contributed by atoms with Crippen molar-refractivity contribution in [2.45, 2.75) is 24.7 Å². The third-order valence-corrected chi connectivity index (χ3v) is 4.43. The first-order valence-electron chi connectivity index (χ1n) is 3.79. The van der Waals surface area contributed by atoms with Gasteiger partial charge in [-0.15, -0.1) is 0 Å². The van der Waals surface area contributed by atoms with Gasteiger partial charge < -0.3 is 24.7 Å². The Balaban J connectivity index is 4.81. The van der Waals surface area contributed by atoms with Crippen LogP contribution in [0.25, 0.3) is 0 Å². The van der Waals surface area contributed by atoms with Crippen molar-refractivity contribution in [3.8, 4) is 0 Å².